The van der Waals surface area contributed by atoms with Gasteiger partial charge in [-0.3, -0.25) is 19.4 Å². The molecule has 2 atom stereocenters. The van der Waals surface area contributed by atoms with Crippen LogP contribution in [0.3, 0.4) is 0 Å². The monoisotopic (exact) mass is 325 g/mol. The third-order valence-electron chi connectivity index (χ3n) is 5.07. The zero-order chi connectivity index (χ0) is 16.5. The van der Waals surface area contributed by atoms with E-state index in [2.05, 4.69) is 21.0 Å². The first-order valence-electron chi connectivity index (χ1n) is 8.59. The molecule has 3 heterocycles. The van der Waals surface area contributed by atoms with Crippen LogP contribution in [0.1, 0.15) is 23.5 Å². The SMILES string of the molecule is Cn1cc([C@H]2C[C@@H]2C(=O)N2CCN(Cc3cccnc3)CC2)cn1. The topological polar surface area (TPSA) is 54.3 Å². The molecule has 1 saturated heterocycles. The molecule has 0 radical (unpaired) electrons. The van der Waals surface area contributed by atoms with Crippen LogP contribution in [0.2, 0.25) is 0 Å². The minimum atomic E-state index is 0.166. The van der Waals surface area contributed by atoms with Crippen LogP contribution in [0.25, 0.3) is 0 Å². The van der Waals surface area contributed by atoms with Gasteiger partial charge in [0.25, 0.3) is 0 Å². The molecule has 2 fully saturated rings. The Morgan fingerprint density at radius 1 is 1.25 bits per heavy atom. The van der Waals surface area contributed by atoms with E-state index in [0.29, 0.717) is 11.8 Å². The third-order valence-corrected chi connectivity index (χ3v) is 5.07. The Morgan fingerprint density at radius 3 is 2.75 bits per heavy atom. The highest BCUT2D eigenvalue weighted by Crippen LogP contribution is 2.48. The van der Waals surface area contributed by atoms with E-state index in [1.807, 2.05) is 41.3 Å². The molecule has 2 aromatic rings. The van der Waals surface area contributed by atoms with Crippen molar-refractivity contribution in [3.8, 4) is 0 Å². The van der Waals surface area contributed by atoms with E-state index in [1.165, 1.54) is 11.1 Å². The molecule has 126 valence electrons. The van der Waals surface area contributed by atoms with Crippen LogP contribution in [0, 0.1) is 5.92 Å². The molecule has 1 amide bonds. The van der Waals surface area contributed by atoms with Gasteiger partial charge in [-0.25, -0.2) is 0 Å². The number of piperazine rings is 1. The Kier molecular flexibility index (Phi) is 4.06. The number of carbonyl (C=O) groups excluding carboxylic acids is 1. The lowest BCUT2D eigenvalue weighted by Crippen LogP contribution is -2.48. The van der Waals surface area contributed by atoms with Gasteiger partial charge in [-0.2, -0.15) is 5.10 Å². The van der Waals surface area contributed by atoms with Crippen LogP contribution in [0.4, 0.5) is 0 Å². The summed E-state index contributed by atoms with van der Waals surface area (Å²) < 4.78 is 1.81. The van der Waals surface area contributed by atoms with Crippen LogP contribution in [0.5, 0.6) is 0 Å². The van der Waals surface area contributed by atoms with Crippen molar-refractivity contribution >= 4 is 5.91 Å². The smallest absolute Gasteiger partial charge is 0.226 e. The van der Waals surface area contributed by atoms with Crippen molar-refractivity contribution in [3.05, 3.63) is 48.0 Å². The van der Waals surface area contributed by atoms with Crippen LogP contribution in [0.15, 0.2) is 36.9 Å². The van der Waals surface area contributed by atoms with Gasteiger partial charge in [0.15, 0.2) is 0 Å². The van der Waals surface area contributed by atoms with Crippen molar-refractivity contribution in [1.29, 1.82) is 0 Å². The summed E-state index contributed by atoms with van der Waals surface area (Å²) in [5, 5.41) is 4.21. The Morgan fingerprint density at radius 2 is 2.08 bits per heavy atom. The number of aromatic nitrogens is 3. The number of pyridine rings is 1. The number of rotatable bonds is 4. The molecule has 24 heavy (non-hydrogen) atoms. The quantitative estimate of drug-likeness (QED) is 0.849. The maximum Gasteiger partial charge on any atom is 0.226 e. The second-order valence-electron chi connectivity index (χ2n) is 6.86. The predicted molar refractivity (Wildman–Crippen MR) is 90.2 cm³/mol. The van der Waals surface area contributed by atoms with Gasteiger partial charge in [-0.15, -0.1) is 0 Å². The number of nitrogens with zero attached hydrogens (tertiary/aromatic N) is 5. The molecule has 4 rings (SSSR count). The first-order valence-corrected chi connectivity index (χ1v) is 8.59. The maximum absolute atomic E-state index is 12.7. The van der Waals surface area contributed by atoms with Gasteiger partial charge >= 0.3 is 0 Å². The molecular weight excluding hydrogens is 302 g/mol. The summed E-state index contributed by atoms with van der Waals surface area (Å²) >= 11 is 0. The maximum atomic E-state index is 12.7. The summed E-state index contributed by atoms with van der Waals surface area (Å²) in [6.45, 7) is 4.44. The van der Waals surface area contributed by atoms with E-state index in [-0.39, 0.29) is 5.92 Å². The van der Waals surface area contributed by atoms with Crippen LogP contribution in [-0.2, 0) is 18.4 Å². The number of carbonyl (C=O) groups is 1. The Bertz CT molecular complexity index is 705. The lowest BCUT2D eigenvalue weighted by molar-refractivity contribution is -0.134. The minimum Gasteiger partial charge on any atom is -0.340 e. The normalized spacial score (nSPS) is 24.1. The molecule has 0 bridgehead atoms. The molecule has 1 saturated carbocycles. The highest BCUT2D eigenvalue weighted by Gasteiger charge is 2.46. The van der Waals surface area contributed by atoms with Crippen molar-refractivity contribution in [2.24, 2.45) is 13.0 Å². The largest absolute Gasteiger partial charge is 0.340 e. The first kappa shape index (κ1) is 15.3. The van der Waals surface area contributed by atoms with E-state index in [0.717, 1.165) is 39.1 Å². The predicted octanol–water partition coefficient (Wildman–Crippen LogP) is 1.26. The zero-order valence-electron chi connectivity index (χ0n) is 14.0. The zero-order valence-corrected chi connectivity index (χ0v) is 14.0. The number of amides is 1. The van der Waals surface area contributed by atoms with Crippen molar-refractivity contribution < 1.29 is 4.79 Å². The second kappa shape index (κ2) is 6.36. The number of hydrogen-bond acceptors (Lipinski definition) is 4. The van der Waals surface area contributed by atoms with E-state index < -0.39 is 0 Å². The van der Waals surface area contributed by atoms with Gasteiger partial charge in [-0.1, -0.05) is 6.07 Å². The lowest BCUT2D eigenvalue weighted by Gasteiger charge is -2.35. The highest BCUT2D eigenvalue weighted by molar-refractivity contribution is 5.83. The van der Waals surface area contributed by atoms with Crippen molar-refractivity contribution in [2.45, 2.75) is 18.9 Å². The van der Waals surface area contributed by atoms with Gasteiger partial charge in [0, 0.05) is 64.3 Å². The summed E-state index contributed by atoms with van der Waals surface area (Å²) in [7, 11) is 1.92. The average Bonchev–Trinajstić information content (AvgIpc) is 3.30. The lowest BCUT2D eigenvalue weighted by atomic mass is 10.1. The fourth-order valence-corrected chi connectivity index (χ4v) is 3.58. The van der Waals surface area contributed by atoms with E-state index in [1.54, 1.807) is 6.20 Å². The second-order valence-corrected chi connectivity index (χ2v) is 6.86. The molecule has 1 aliphatic heterocycles. The summed E-state index contributed by atoms with van der Waals surface area (Å²) in [4.78, 5) is 21.3. The van der Waals surface area contributed by atoms with Crippen molar-refractivity contribution in [3.63, 3.8) is 0 Å². The van der Waals surface area contributed by atoms with E-state index >= 15 is 0 Å². The number of hydrogen-bond donors (Lipinski definition) is 0. The van der Waals surface area contributed by atoms with Crippen LogP contribution in [-0.4, -0.2) is 56.7 Å². The van der Waals surface area contributed by atoms with Gasteiger partial charge in [0.05, 0.1) is 6.20 Å². The molecular formula is C18H23N5O. The minimum absolute atomic E-state index is 0.166. The first-order chi connectivity index (χ1) is 11.7. The summed E-state index contributed by atoms with van der Waals surface area (Å²) in [6, 6.07) is 4.08. The van der Waals surface area contributed by atoms with Crippen molar-refractivity contribution in [1.82, 2.24) is 24.6 Å². The molecule has 2 aromatic heterocycles. The fourth-order valence-electron chi connectivity index (χ4n) is 3.58. The summed E-state index contributed by atoms with van der Waals surface area (Å²) in [6.07, 6.45) is 8.61. The molecule has 6 heteroatoms. The Balaban J connectivity index is 1.28. The third kappa shape index (κ3) is 3.19. The number of aryl methyl sites for hydroxylation is 1. The van der Waals surface area contributed by atoms with Crippen LogP contribution < -0.4 is 0 Å². The van der Waals surface area contributed by atoms with Crippen LogP contribution >= 0.6 is 0 Å². The molecule has 0 aromatic carbocycles. The van der Waals surface area contributed by atoms with E-state index in [4.69, 9.17) is 0 Å². The Labute approximate surface area is 142 Å². The van der Waals surface area contributed by atoms with Crippen molar-refractivity contribution in [2.75, 3.05) is 26.2 Å². The molecule has 0 unspecified atom stereocenters. The van der Waals surface area contributed by atoms with Gasteiger partial charge in [-0.05, 0) is 29.5 Å². The Hall–Kier alpha value is -2.21. The molecule has 0 N–H and O–H groups in total. The average molecular weight is 325 g/mol. The van der Waals surface area contributed by atoms with Gasteiger partial charge in [0.2, 0.25) is 5.91 Å². The fraction of sp³-hybridized carbons (Fsp3) is 0.500. The van der Waals surface area contributed by atoms with E-state index in [9.17, 15) is 4.79 Å². The molecule has 0 spiro atoms. The molecule has 2 aliphatic rings. The highest BCUT2D eigenvalue weighted by atomic mass is 16.2. The van der Waals surface area contributed by atoms with Gasteiger partial charge in [0.1, 0.15) is 0 Å². The standard InChI is InChI=1S/C18H23N5O/c1-21-13-15(11-20-21)16-9-17(16)18(24)23-7-5-22(6-8-23)12-14-3-2-4-19-10-14/h2-4,10-11,13,16-17H,5-9,12H2,1H3/t16-,17+/m1/s1. The molecule has 1 aliphatic carbocycles. The summed E-state index contributed by atoms with van der Waals surface area (Å²) in [5.41, 5.74) is 2.43. The molecule has 6 nitrogen and oxygen atoms in total. The summed E-state index contributed by atoms with van der Waals surface area (Å²) in [5.74, 6) is 0.864. The van der Waals surface area contributed by atoms with Gasteiger partial charge < -0.3 is 4.90 Å².